The van der Waals surface area contributed by atoms with Gasteiger partial charge in [-0.15, -0.1) is 0 Å². The van der Waals surface area contributed by atoms with Crippen LogP contribution in [0.1, 0.15) is 62.2 Å². The quantitative estimate of drug-likeness (QED) is 0.738. The Balaban J connectivity index is 1.83. The molecule has 2 aromatic rings. The summed E-state index contributed by atoms with van der Waals surface area (Å²) in [6.07, 6.45) is 5.11. The third-order valence-corrected chi connectivity index (χ3v) is 5.08. The molecule has 0 spiro atoms. The highest BCUT2D eigenvalue weighted by atomic mass is 16.1. The average molecular weight is 321 g/mol. The minimum absolute atomic E-state index is 0.0962. The topological polar surface area (TPSA) is 29.1 Å². The van der Waals surface area contributed by atoms with Gasteiger partial charge in [-0.05, 0) is 17.5 Å². The lowest BCUT2D eigenvalue weighted by molar-refractivity contribution is -0.127. The molecule has 2 heteroatoms. The molecule has 1 fully saturated rings. The number of benzene rings is 2. The molecule has 1 heterocycles. The fraction of sp³-hybridized carbons (Fsp3) is 0.409. The molecule has 1 aliphatic heterocycles. The molecule has 1 saturated heterocycles. The van der Waals surface area contributed by atoms with Gasteiger partial charge in [0.25, 0.3) is 0 Å². The van der Waals surface area contributed by atoms with E-state index >= 15 is 0 Å². The Kier molecular flexibility index (Phi) is 5.81. The first-order chi connectivity index (χ1) is 11.8. The summed E-state index contributed by atoms with van der Waals surface area (Å²) in [4.78, 5) is 12.9. The highest BCUT2D eigenvalue weighted by molar-refractivity contribution is 5.83. The Morgan fingerprint density at radius 1 is 0.917 bits per heavy atom. The van der Waals surface area contributed by atoms with Crippen molar-refractivity contribution in [1.29, 1.82) is 0 Å². The normalized spacial score (nSPS) is 24.0. The van der Waals surface area contributed by atoms with Crippen molar-refractivity contribution in [2.75, 3.05) is 0 Å². The number of rotatable bonds is 6. The fourth-order valence-electron chi connectivity index (χ4n) is 3.76. The first kappa shape index (κ1) is 16.9. The van der Waals surface area contributed by atoms with Gasteiger partial charge in [0.15, 0.2) is 0 Å². The zero-order valence-corrected chi connectivity index (χ0v) is 14.4. The molecule has 0 amide bonds. The molecule has 0 radical (unpaired) electrons. The van der Waals surface area contributed by atoms with Crippen LogP contribution < -0.4 is 5.32 Å². The molecule has 0 bridgehead atoms. The van der Waals surface area contributed by atoms with Crippen molar-refractivity contribution in [3.05, 3.63) is 71.8 Å². The van der Waals surface area contributed by atoms with Crippen LogP contribution in [0.2, 0.25) is 0 Å². The molecule has 3 unspecified atom stereocenters. The maximum Gasteiger partial charge on any atom is 0.139 e. The fourth-order valence-corrected chi connectivity index (χ4v) is 3.76. The molecular formula is C22H27NO. The van der Waals surface area contributed by atoms with Gasteiger partial charge in [0.05, 0.1) is 0 Å². The average Bonchev–Trinajstić information content (AvgIpc) is 2.64. The van der Waals surface area contributed by atoms with Crippen LogP contribution in [0.25, 0.3) is 0 Å². The van der Waals surface area contributed by atoms with Gasteiger partial charge in [-0.1, -0.05) is 86.8 Å². The van der Waals surface area contributed by atoms with Crippen LogP contribution >= 0.6 is 0 Å². The van der Waals surface area contributed by atoms with Crippen molar-refractivity contribution in [2.24, 2.45) is 5.92 Å². The summed E-state index contributed by atoms with van der Waals surface area (Å²) in [5, 5.41) is 3.77. The lowest BCUT2D eigenvalue weighted by atomic mass is 9.78. The molecule has 0 aliphatic carbocycles. The third-order valence-electron chi connectivity index (χ3n) is 5.08. The van der Waals surface area contributed by atoms with Gasteiger partial charge < -0.3 is 5.32 Å². The molecule has 0 aromatic heterocycles. The summed E-state index contributed by atoms with van der Waals surface area (Å²) in [5.41, 5.74) is 2.44. The Bertz CT molecular complexity index is 638. The van der Waals surface area contributed by atoms with E-state index in [1.165, 1.54) is 24.0 Å². The van der Waals surface area contributed by atoms with E-state index in [0.29, 0.717) is 12.2 Å². The first-order valence-corrected chi connectivity index (χ1v) is 9.18. The van der Waals surface area contributed by atoms with Crippen molar-refractivity contribution in [1.82, 2.24) is 5.32 Å². The van der Waals surface area contributed by atoms with Crippen LogP contribution in [0.4, 0.5) is 0 Å². The summed E-state index contributed by atoms with van der Waals surface area (Å²) in [6.45, 7) is 2.21. The summed E-state index contributed by atoms with van der Waals surface area (Å²) < 4.78 is 0. The molecular weight excluding hydrogens is 294 g/mol. The first-order valence-electron chi connectivity index (χ1n) is 9.18. The molecule has 2 aromatic carbocycles. The van der Waals surface area contributed by atoms with Crippen molar-refractivity contribution in [3.8, 4) is 0 Å². The zero-order chi connectivity index (χ0) is 16.8. The van der Waals surface area contributed by atoms with Gasteiger partial charge in [-0.2, -0.15) is 0 Å². The minimum Gasteiger partial charge on any atom is -0.302 e. The smallest absolute Gasteiger partial charge is 0.139 e. The predicted octanol–water partition coefficient (Wildman–Crippen LogP) is 5.23. The van der Waals surface area contributed by atoms with E-state index in [1.54, 1.807) is 0 Å². The van der Waals surface area contributed by atoms with E-state index in [0.717, 1.165) is 12.8 Å². The molecule has 0 saturated carbocycles. The monoisotopic (exact) mass is 321 g/mol. The number of carbonyl (C=O) groups is 1. The Hall–Kier alpha value is -1.93. The number of carbonyl (C=O) groups excluding carboxylic acids is 1. The summed E-state index contributed by atoms with van der Waals surface area (Å²) in [5.74, 6) is 0.506. The van der Waals surface area contributed by atoms with Gasteiger partial charge in [-0.25, -0.2) is 0 Å². The lowest BCUT2D eigenvalue weighted by Crippen LogP contribution is -2.42. The van der Waals surface area contributed by atoms with E-state index < -0.39 is 0 Å². The van der Waals surface area contributed by atoms with Crippen molar-refractivity contribution in [2.45, 2.75) is 51.1 Å². The van der Waals surface area contributed by atoms with E-state index in [9.17, 15) is 4.79 Å². The second kappa shape index (κ2) is 8.25. The van der Waals surface area contributed by atoms with E-state index in [2.05, 4.69) is 48.6 Å². The van der Waals surface area contributed by atoms with Crippen LogP contribution in [0.15, 0.2) is 60.7 Å². The van der Waals surface area contributed by atoms with E-state index in [-0.39, 0.29) is 18.0 Å². The van der Waals surface area contributed by atoms with Gasteiger partial charge in [-0.3, -0.25) is 4.79 Å². The predicted molar refractivity (Wildman–Crippen MR) is 98.8 cm³/mol. The number of hydrogen-bond donors (Lipinski definition) is 1. The molecule has 126 valence electrons. The van der Waals surface area contributed by atoms with Crippen LogP contribution in [0.5, 0.6) is 0 Å². The summed E-state index contributed by atoms with van der Waals surface area (Å²) in [7, 11) is 0. The van der Waals surface area contributed by atoms with Crippen molar-refractivity contribution >= 4 is 5.78 Å². The maximum absolute atomic E-state index is 12.9. The number of hydrogen-bond acceptors (Lipinski definition) is 2. The highest BCUT2D eigenvalue weighted by Gasteiger charge is 2.36. The number of ketones is 1. The van der Waals surface area contributed by atoms with Crippen LogP contribution in [0, 0.1) is 5.92 Å². The number of nitrogens with one attached hydrogen (secondary N) is 1. The second-order valence-corrected chi connectivity index (χ2v) is 6.79. The minimum atomic E-state index is 0.0962. The Labute approximate surface area is 145 Å². The maximum atomic E-state index is 12.9. The summed E-state index contributed by atoms with van der Waals surface area (Å²) >= 11 is 0. The van der Waals surface area contributed by atoms with Crippen LogP contribution in [0.3, 0.4) is 0 Å². The summed E-state index contributed by atoms with van der Waals surface area (Å²) in [6, 6.07) is 21.0. The van der Waals surface area contributed by atoms with Crippen molar-refractivity contribution in [3.63, 3.8) is 0 Å². The third kappa shape index (κ3) is 3.93. The van der Waals surface area contributed by atoms with Gasteiger partial charge in [0.2, 0.25) is 0 Å². The van der Waals surface area contributed by atoms with E-state index in [4.69, 9.17) is 0 Å². The molecule has 1 N–H and O–H groups in total. The van der Waals surface area contributed by atoms with Crippen LogP contribution in [-0.2, 0) is 4.79 Å². The van der Waals surface area contributed by atoms with Gasteiger partial charge in [0, 0.05) is 24.4 Å². The Morgan fingerprint density at radius 3 is 2.17 bits per heavy atom. The number of Topliss-reactive ketones (excluding diaryl/α,β-unsaturated/α-hetero) is 1. The Morgan fingerprint density at radius 2 is 1.54 bits per heavy atom. The molecule has 3 rings (SSSR count). The number of piperidine rings is 1. The second-order valence-electron chi connectivity index (χ2n) is 6.79. The number of unbranched alkanes of at least 4 members (excludes halogenated alkanes) is 2. The van der Waals surface area contributed by atoms with Crippen molar-refractivity contribution < 1.29 is 4.79 Å². The van der Waals surface area contributed by atoms with Gasteiger partial charge in [0.1, 0.15) is 5.78 Å². The van der Waals surface area contributed by atoms with Crippen LogP contribution in [-0.4, -0.2) is 5.78 Å². The SMILES string of the molecule is CCCCCC1C(=O)CC(c2ccccc2)NC1c1ccccc1. The highest BCUT2D eigenvalue weighted by Crippen LogP contribution is 2.37. The lowest BCUT2D eigenvalue weighted by Gasteiger charge is -2.37. The van der Waals surface area contributed by atoms with Gasteiger partial charge >= 0.3 is 0 Å². The molecule has 1 aliphatic rings. The standard InChI is InChI=1S/C22H27NO/c1-2-3-6-15-19-21(24)16-20(17-11-7-4-8-12-17)23-22(19)18-13-9-5-10-14-18/h4-5,7-14,19-20,22-23H,2-3,6,15-16H2,1H3. The molecule has 2 nitrogen and oxygen atoms in total. The molecule has 24 heavy (non-hydrogen) atoms. The largest absolute Gasteiger partial charge is 0.302 e. The zero-order valence-electron chi connectivity index (χ0n) is 14.4. The molecule has 3 atom stereocenters. The van der Waals surface area contributed by atoms with E-state index in [1.807, 2.05) is 24.3 Å².